The fourth-order valence-corrected chi connectivity index (χ4v) is 4.26. The lowest BCUT2D eigenvalue weighted by Crippen LogP contribution is -2.48. The Balaban J connectivity index is 1.66. The minimum Gasteiger partial charge on any atom is -0.368 e. The van der Waals surface area contributed by atoms with Crippen LogP contribution >= 0.6 is 11.6 Å². The predicted octanol–water partition coefficient (Wildman–Crippen LogP) is 2.97. The van der Waals surface area contributed by atoms with E-state index < -0.39 is 5.82 Å². The van der Waals surface area contributed by atoms with Crippen molar-refractivity contribution in [1.29, 1.82) is 0 Å². The Morgan fingerprint density at radius 2 is 2.20 bits per heavy atom. The van der Waals surface area contributed by atoms with Crippen LogP contribution in [0.25, 0.3) is 0 Å². The summed E-state index contributed by atoms with van der Waals surface area (Å²) in [5, 5.41) is 0.350. The summed E-state index contributed by atoms with van der Waals surface area (Å²) in [6.45, 7) is 1.11. The summed E-state index contributed by atoms with van der Waals surface area (Å²) < 4.78 is 14.1. The van der Waals surface area contributed by atoms with E-state index in [1.54, 1.807) is 11.1 Å². The highest BCUT2D eigenvalue weighted by molar-refractivity contribution is 6.31. The molecule has 1 amide bonds. The van der Waals surface area contributed by atoms with Crippen molar-refractivity contribution in [3.63, 3.8) is 0 Å². The highest BCUT2D eigenvalue weighted by Gasteiger charge is 2.45. The van der Waals surface area contributed by atoms with E-state index in [4.69, 9.17) is 17.3 Å². The third-order valence-electron chi connectivity index (χ3n) is 5.28. The number of hydrogen-bond acceptors (Lipinski definition) is 4. The monoisotopic (exact) mass is 360 g/mol. The minimum atomic E-state index is -0.549. The number of piperidine rings is 1. The Bertz CT molecular complexity index is 855. The highest BCUT2D eigenvalue weighted by Crippen LogP contribution is 2.44. The number of carbonyl (C=O) groups excluding carboxylic acids is 1. The average molecular weight is 361 g/mol. The number of carbonyl (C=O) groups is 1. The number of nitrogens with two attached hydrogens (primary N) is 1. The summed E-state index contributed by atoms with van der Waals surface area (Å²) in [4.78, 5) is 23.1. The fourth-order valence-electron chi connectivity index (χ4n) is 4.09. The molecular formula is C18H18ClFN4O. The number of nitrogen functional groups attached to an aromatic ring is 1. The molecule has 130 valence electrons. The Kier molecular flexibility index (Phi) is 3.87. The van der Waals surface area contributed by atoms with Crippen LogP contribution in [0.2, 0.25) is 5.02 Å². The van der Waals surface area contributed by atoms with Gasteiger partial charge in [0.1, 0.15) is 5.82 Å². The summed E-state index contributed by atoms with van der Waals surface area (Å²) in [5.74, 6) is -0.619. The normalized spacial score (nSPS) is 22.2. The summed E-state index contributed by atoms with van der Waals surface area (Å²) >= 11 is 5.94. The molecule has 7 heteroatoms. The van der Waals surface area contributed by atoms with E-state index in [2.05, 4.69) is 9.97 Å². The van der Waals surface area contributed by atoms with E-state index in [0.717, 1.165) is 36.9 Å². The van der Waals surface area contributed by atoms with E-state index in [1.807, 2.05) is 0 Å². The first-order valence-corrected chi connectivity index (χ1v) is 8.72. The summed E-state index contributed by atoms with van der Waals surface area (Å²) in [5.41, 5.74) is 7.62. The van der Waals surface area contributed by atoms with Gasteiger partial charge in [-0.1, -0.05) is 11.6 Å². The first kappa shape index (κ1) is 16.3. The maximum absolute atomic E-state index is 14.1. The van der Waals surface area contributed by atoms with Gasteiger partial charge in [-0.25, -0.2) is 14.4 Å². The number of aryl methyl sites for hydroxylation is 1. The number of amides is 1. The van der Waals surface area contributed by atoms with Gasteiger partial charge in [-0.2, -0.15) is 0 Å². The van der Waals surface area contributed by atoms with Crippen molar-refractivity contribution in [2.75, 3.05) is 18.8 Å². The molecule has 0 saturated carbocycles. The lowest BCUT2D eigenvalue weighted by atomic mass is 9.77. The van der Waals surface area contributed by atoms with Gasteiger partial charge in [-0.15, -0.1) is 0 Å². The second kappa shape index (κ2) is 5.95. The smallest absolute Gasteiger partial charge is 0.256 e. The molecule has 1 saturated heterocycles. The van der Waals surface area contributed by atoms with Gasteiger partial charge in [0.2, 0.25) is 5.95 Å². The largest absolute Gasteiger partial charge is 0.368 e. The van der Waals surface area contributed by atoms with Crippen LogP contribution in [0.3, 0.4) is 0 Å². The predicted molar refractivity (Wildman–Crippen MR) is 93.0 cm³/mol. The number of benzene rings is 1. The van der Waals surface area contributed by atoms with Crippen LogP contribution in [-0.2, 0) is 11.8 Å². The van der Waals surface area contributed by atoms with Gasteiger partial charge >= 0.3 is 0 Å². The van der Waals surface area contributed by atoms with Gasteiger partial charge < -0.3 is 10.6 Å². The fraction of sp³-hybridized carbons (Fsp3) is 0.389. The summed E-state index contributed by atoms with van der Waals surface area (Å²) in [6, 6.07) is 4.07. The molecule has 1 aromatic heterocycles. The molecule has 1 aromatic carbocycles. The molecule has 0 bridgehead atoms. The van der Waals surface area contributed by atoms with Crippen LogP contribution < -0.4 is 5.73 Å². The van der Waals surface area contributed by atoms with Crippen LogP contribution in [-0.4, -0.2) is 33.9 Å². The van der Waals surface area contributed by atoms with Crippen molar-refractivity contribution < 1.29 is 9.18 Å². The zero-order chi connectivity index (χ0) is 17.6. The molecule has 2 heterocycles. The number of nitrogens with zero attached hydrogens (tertiary/aromatic N) is 3. The molecule has 2 aromatic rings. The molecule has 1 unspecified atom stereocenters. The van der Waals surface area contributed by atoms with Crippen LogP contribution in [0.5, 0.6) is 0 Å². The molecule has 1 fully saturated rings. The molecule has 1 aliphatic carbocycles. The minimum absolute atomic E-state index is 0.0185. The zero-order valence-corrected chi connectivity index (χ0v) is 14.4. The Labute approximate surface area is 150 Å². The molecule has 1 aliphatic heterocycles. The topological polar surface area (TPSA) is 72.1 Å². The van der Waals surface area contributed by atoms with Gasteiger partial charge in [0.15, 0.2) is 0 Å². The van der Waals surface area contributed by atoms with Crippen molar-refractivity contribution in [2.24, 2.45) is 0 Å². The summed E-state index contributed by atoms with van der Waals surface area (Å²) in [6.07, 6.45) is 5.35. The molecule has 0 radical (unpaired) electrons. The quantitative estimate of drug-likeness (QED) is 0.848. The molecule has 5 nitrogen and oxygen atoms in total. The third-order valence-corrected chi connectivity index (χ3v) is 5.52. The standard InChI is InChI=1S/C18H18ClFN4O/c19-12-2-3-14(20)13(8-12)16(25)24-7-1-5-18(10-24)6-4-11-9-22-17(21)23-15(11)18/h2-3,8-9H,1,4-7,10H2,(H2,21,22,23). The molecule has 1 spiro atoms. The van der Waals surface area contributed by atoms with Crippen molar-refractivity contribution in [1.82, 2.24) is 14.9 Å². The van der Waals surface area contributed by atoms with E-state index >= 15 is 0 Å². The number of hydrogen-bond donors (Lipinski definition) is 1. The zero-order valence-electron chi connectivity index (χ0n) is 13.6. The van der Waals surface area contributed by atoms with Gasteiger partial charge in [0.25, 0.3) is 5.91 Å². The van der Waals surface area contributed by atoms with Gasteiger partial charge in [0.05, 0.1) is 11.3 Å². The van der Waals surface area contributed by atoms with Gasteiger partial charge in [-0.05, 0) is 49.4 Å². The van der Waals surface area contributed by atoms with Gasteiger partial charge in [-0.3, -0.25) is 4.79 Å². The first-order chi connectivity index (χ1) is 12.0. The Morgan fingerprint density at radius 3 is 3.04 bits per heavy atom. The second-order valence-electron chi connectivity index (χ2n) is 6.84. The first-order valence-electron chi connectivity index (χ1n) is 8.35. The van der Waals surface area contributed by atoms with Crippen molar-refractivity contribution >= 4 is 23.5 Å². The molecular weight excluding hydrogens is 343 g/mol. The van der Waals surface area contributed by atoms with E-state index in [9.17, 15) is 9.18 Å². The second-order valence-corrected chi connectivity index (χ2v) is 7.27. The number of halogens is 2. The molecule has 2 N–H and O–H groups in total. The number of aromatic nitrogens is 2. The van der Waals surface area contributed by atoms with Crippen LogP contribution in [0.15, 0.2) is 24.4 Å². The highest BCUT2D eigenvalue weighted by atomic mass is 35.5. The van der Waals surface area contributed by atoms with Crippen LogP contribution in [0.1, 0.15) is 40.9 Å². The van der Waals surface area contributed by atoms with E-state index in [0.29, 0.717) is 18.1 Å². The van der Waals surface area contributed by atoms with Crippen molar-refractivity contribution in [3.05, 3.63) is 52.1 Å². The number of rotatable bonds is 1. The Hall–Kier alpha value is -2.21. The van der Waals surface area contributed by atoms with Crippen LogP contribution in [0.4, 0.5) is 10.3 Å². The van der Waals surface area contributed by atoms with Crippen molar-refractivity contribution in [3.8, 4) is 0 Å². The molecule has 4 rings (SSSR count). The third kappa shape index (κ3) is 2.74. The lowest BCUT2D eigenvalue weighted by Gasteiger charge is -2.40. The Morgan fingerprint density at radius 1 is 1.36 bits per heavy atom. The lowest BCUT2D eigenvalue weighted by molar-refractivity contribution is 0.0629. The van der Waals surface area contributed by atoms with Crippen molar-refractivity contribution in [2.45, 2.75) is 31.1 Å². The maximum Gasteiger partial charge on any atom is 0.256 e. The molecule has 25 heavy (non-hydrogen) atoms. The average Bonchev–Trinajstić information content (AvgIpc) is 2.94. The number of fused-ring (bicyclic) bond motifs is 2. The molecule has 1 atom stereocenters. The maximum atomic E-state index is 14.1. The summed E-state index contributed by atoms with van der Waals surface area (Å²) in [7, 11) is 0. The van der Waals surface area contributed by atoms with E-state index in [-0.39, 0.29) is 22.8 Å². The molecule has 2 aliphatic rings. The number of anilines is 1. The SMILES string of the molecule is Nc1ncc2c(n1)C1(CCCN(C(=O)c3cc(Cl)ccc3F)C1)CC2. The number of likely N-dealkylation sites (tertiary alicyclic amines) is 1. The van der Waals surface area contributed by atoms with E-state index in [1.165, 1.54) is 18.2 Å². The van der Waals surface area contributed by atoms with Crippen LogP contribution in [0, 0.1) is 5.82 Å². The van der Waals surface area contributed by atoms with Gasteiger partial charge in [0, 0.05) is 29.7 Å².